The SMILES string of the molecule is C1CCCCCCC2CCCN(CCCCCCCCCCCCC3CCCN(CCCCCC1)C3)C2. The van der Waals surface area contributed by atoms with Gasteiger partial charge in [0.25, 0.3) is 0 Å². The maximum atomic E-state index is 2.82. The number of rotatable bonds is 0. The molecule has 0 amide bonds. The van der Waals surface area contributed by atoms with Gasteiger partial charge >= 0.3 is 0 Å². The van der Waals surface area contributed by atoms with Crippen LogP contribution in [0.3, 0.4) is 0 Å². The third-order valence-electron chi connectivity index (χ3n) is 10.1. The third-order valence-corrected chi connectivity index (χ3v) is 10.1. The molecule has 0 aliphatic carbocycles. The van der Waals surface area contributed by atoms with Crippen molar-refractivity contribution in [3.8, 4) is 0 Å². The van der Waals surface area contributed by atoms with Crippen LogP contribution in [0.1, 0.15) is 173 Å². The van der Waals surface area contributed by atoms with Crippen molar-refractivity contribution in [2.24, 2.45) is 11.8 Å². The second-order valence-corrected chi connectivity index (χ2v) is 13.6. The predicted octanol–water partition coefficient (Wildman–Crippen LogP) is 10.4. The van der Waals surface area contributed by atoms with Crippen LogP contribution in [0.15, 0.2) is 0 Å². The highest BCUT2D eigenvalue weighted by molar-refractivity contribution is 4.74. The molecule has 2 nitrogen and oxygen atoms in total. The lowest BCUT2D eigenvalue weighted by atomic mass is 9.92. The Balaban J connectivity index is 1.28. The smallest absolute Gasteiger partial charge is 0.000966 e. The van der Waals surface area contributed by atoms with Crippen LogP contribution in [0, 0.1) is 11.8 Å². The van der Waals surface area contributed by atoms with E-state index in [0.29, 0.717) is 0 Å². The minimum Gasteiger partial charge on any atom is -0.303 e. The fourth-order valence-electron chi connectivity index (χ4n) is 7.72. The van der Waals surface area contributed by atoms with E-state index in [2.05, 4.69) is 9.80 Å². The molecule has 37 heavy (non-hydrogen) atoms. The number of hydrogen-bond acceptors (Lipinski definition) is 2. The first-order valence-corrected chi connectivity index (χ1v) is 17.8. The van der Waals surface area contributed by atoms with Gasteiger partial charge in [-0.05, 0) is 89.4 Å². The summed E-state index contributed by atoms with van der Waals surface area (Å²) in [6, 6.07) is 0. The van der Waals surface area contributed by atoms with Gasteiger partial charge in [0.05, 0.1) is 0 Å². The van der Waals surface area contributed by atoms with Crippen molar-refractivity contribution in [2.75, 3.05) is 39.3 Å². The summed E-state index contributed by atoms with van der Waals surface area (Å²) in [6.07, 6.45) is 40.1. The monoisotopic (exact) mass is 517 g/mol. The van der Waals surface area contributed by atoms with E-state index in [0.717, 1.165) is 11.8 Å². The van der Waals surface area contributed by atoms with E-state index in [4.69, 9.17) is 0 Å². The lowest BCUT2D eigenvalue weighted by molar-refractivity contribution is 0.163. The van der Waals surface area contributed by atoms with Crippen molar-refractivity contribution in [3.63, 3.8) is 0 Å². The first kappa shape index (κ1) is 31.4. The predicted molar refractivity (Wildman–Crippen MR) is 165 cm³/mol. The molecule has 0 radical (unpaired) electrons. The number of hydrogen-bond donors (Lipinski definition) is 0. The molecular formula is C35H68N2. The first-order chi connectivity index (χ1) is 18.4. The lowest BCUT2D eigenvalue weighted by Gasteiger charge is -2.32. The molecule has 0 aromatic heterocycles. The molecule has 3 fully saturated rings. The minimum absolute atomic E-state index is 1.01. The Morgan fingerprint density at radius 2 is 0.486 bits per heavy atom. The summed E-state index contributed by atoms with van der Waals surface area (Å²) in [5.74, 6) is 2.02. The van der Waals surface area contributed by atoms with Gasteiger partial charge < -0.3 is 9.80 Å². The Morgan fingerprint density at radius 3 is 0.838 bits per heavy atom. The van der Waals surface area contributed by atoms with Crippen molar-refractivity contribution in [1.29, 1.82) is 0 Å². The van der Waals surface area contributed by atoms with Gasteiger partial charge in [-0.2, -0.15) is 0 Å². The fourth-order valence-corrected chi connectivity index (χ4v) is 7.72. The van der Waals surface area contributed by atoms with E-state index in [-0.39, 0.29) is 0 Å². The summed E-state index contributed by atoms with van der Waals surface area (Å²) < 4.78 is 0. The van der Waals surface area contributed by atoms with E-state index in [1.165, 1.54) is 213 Å². The zero-order valence-electron chi connectivity index (χ0n) is 25.4. The Bertz CT molecular complexity index is 461. The van der Waals surface area contributed by atoms with Crippen LogP contribution >= 0.6 is 0 Å². The second-order valence-electron chi connectivity index (χ2n) is 13.6. The van der Waals surface area contributed by atoms with Gasteiger partial charge in [-0.15, -0.1) is 0 Å². The summed E-state index contributed by atoms with van der Waals surface area (Å²) >= 11 is 0. The van der Waals surface area contributed by atoms with Crippen molar-refractivity contribution < 1.29 is 0 Å². The fraction of sp³-hybridized carbons (Fsp3) is 1.00. The van der Waals surface area contributed by atoms with Crippen LogP contribution in [0.2, 0.25) is 0 Å². The van der Waals surface area contributed by atoms with Crippen LogP contribution in [-0.4, -0.2) is 49.1 Å². The molecule has 0 saturated carbocycles. The van der Waals surface area contributed by atoms with Gasteiger partial charge in [0.15, 0.2) is 0 Å². The van der Waals surface area contributed by atoms with Gasteiger partial charge in [0, 0.05) is 13.1 Å². The number of fused-ring (bicyclic) bond motifs is 4. The third kappa shape index (κ3) is 15.9. The molecule has 218 valence electrons. The van der Waals surface area contributed by atoms with Crippen LogP contribution in [0.4, 0.5) is 0 Å². The number of nitrogens with zero attached hydrogens (tertiary/aromatic N) is 2. The van der Waals surface area contributed by atoms with Crippen molar-refractivity contribution in [3.05, 3.63) is 0 Å². The Hall–Kier alpha value is -0.0800. The largest absolute Gasteiger partial charge is 0.303 e. The van der Waals surface area contributed by atoms with Crippen molar-refractivity contribution in [2.45, 2.75) is 173 Å². The Kier molecular flexibility index (Phi) is 18.4. The van der Waals surface area contributed by atoms with E-state index in [1.54, 1.807) is 0 Å². The van der Waals surface area contributed by atoms with Crippen LogP contribution in [0.5, 0.6) is 0 Å². The highest BCUT2D eigenvalue weighted by Gasteiger charge is 2.20. The van der Waals surface area contributed by atoms with Crippen LogP contribution in [0.25, 0.3) is 0 Å². The van der Waals surface area contributed by atoms with Gasteiger partial charge in [-0.1, -0.05) is 122 Å². The molecule has 4 unspecified atom stereocenters. The van der Waals surface area contributed by atoms with Gasteiger partial charge in [0.1, 0.15) is 0 Å². The molecule has 0 aromatic rings. The van der Waals surface area contributed by atoms with E-state index in [1.807, 2.05) is 0 Å². The summed E-state index contributed by atoms with van der Waals surface area (Å²) in [5.41, 5.74) is 0. The molecule has 0 N–H and O–H groups in total. The molecule has 4 bridgehead atoms. The standard InChI is InChI=1S/C35H68N2/c1-2-6-10-14-18-24-34-26-22-31-37(32-34)29-21-17-13-9-5-3-7-11-15-19-25-35-27-23-30-36(33-35)28-20-16-12-8-4-1/h34-35H,1-33H2. The molecule has 3 saturated heterocycles. The Morgan fingerprint density at radius 1 is 0.243 bits per heavy atom. The maximum Gasteiger partial charge on any atom is 0.000966 e. The average Bonchev–Trinajstić information content (AvgIpc) is 2.92. The van der Waals surface area contributed by atoms with Crippen molar-refractivity contribution in [1.82, 2.24) is 9.80 Å². The van der Waals surface area contributed by atoms with Gasteiger partial charge in [0.2, 0.25) is 0 Å². The highest BCUT2D eigenvalue weighted by Crippen LogP contribution is 2.25. The lowest BCUT2D eigenvalue weighted by Crippen LogP contribution is -2.36. The average molecular weight is 517 g/mol. The van der Waals surface area contributed by atoms with Gasteiger partial charge in [-0.25, -0.2) is 0 Å². The molecule has 3 heterocycles. The minimum atomic E-state index is 1.01. The zero-order valence-corrected chi connectivity index (χ0v) is 25.4. The van der Waals surface area contributed by atoms with E-state index in [9.17, 15) is 0 Å². The quantitative estimate of drug-likeness (QED) is 0.316. The molecule has 2 heteroatoms. The molecule has 3 rings (SSSR count). The summed E-state index contributed by atoms with van der Waals surface area (Å²) in [6.45, 7) is 8.37. The summed E-state index contributed by atoms with van der Waals surface area (Å²) in [4.78, 5) is 5.64. The molecule has 3 aliphatic rings. The summed E-state index contributed by atoms with van der Waals surface area (Å²) in [5, 5.41) is 0. The molecule has 4 atom stereocenters. The zero-order chi connectivity index (χ0) is 25.6. The van der Waals surface area contributed by atoms with Crippen LogP contribution in [-0.2, 0) is 0 Å². The highest BCUT2D eigenvalue weighted by atomic mass is 15.1. The Labute approximate surface area is 234 Å². The molecular weight excluding hydrogens is 448 g/mol. The maximum absolute atomic E-state index is 2.82. The molecule has 0 spiro atoms. The van der Waals surface area contributed by atoms with Crippen LogP contribution < -0.4 is 0 Å². The second kappa shape index (κ2) is 21.7. The van der Waals surface area contributed by atoms with Gasteiger partial charge in [-0.3, -0.25) is 0 Å². The molecule has 3 aliphatic heterocycles. The number of piperidine rings is 2. The normalized spacial score (nSPS) is 33.1. The summed E-state index contributed by atoms with van der Waals surface area (Å²) in [7, 11) is 0. The van der Waals surface area contributed by atoms with E-state index < -0.39 is 0 Å². The van der Waals surface area contributed by atoms with Crippen molar-refractivity contribution >= 4 is 0 Å². The first-order valence-electron chi connectivity index (χ1n) is 17.8. The van der Waals surface area contributed by atoms with E-state index >= 15 is 0 Å². The topological polar surface area (TPSA) is 6.48 Å². The molecule has 0 aromatic carbocycles.